The number of carbonyl (C=O) groups excluding carboxylic acids is 1. The second kappa shape index (κ2) is 8.05. The highest BCUT2D eigenvalue weighted by molar-refractivity contribution is 7.93. The van der Waals surface area contributed by atoms with Crippen LogP contribution in [0.5, 0.6) is 11.5 Å². The van der Waals surface area contributed by atoms with Crippen LogP contribution in [0.15, 0.2) is 41.5 Å². The molecule has 1 atom stereocenters. The first-order valence-corrected chi connectivity index (χ1v) is 11.9. The van der Waals surface area contributed by atoms with Crippen LogP contribution < -0.4 is 15.2 Å². The molecule has 0 bridgehead atoms. The number of pyridine rings is 1. The molecule has 33 heavy (non-hydrogen) atoms. The highest BCUT2D eigenvalue weighted by atomic mass is 32.2. The van der Waals surface area contributed by atoms with Crippen LogP contribution in [0.1, 0.15) is 41.9 Å². The SMILES string of the molecule is CC1(C)C(N)=N[C@@]2(CCOc3ccc(CC(=O)c4ccc(OC(F)F)cn4)cc32)CS1(=O)=O. The normalized spacial score (nSPS) is 22.9. The zero-order chi connectivity index (χ0) is 24.0. The number of alkyl halides is 2. The van der Waals surface area contributed by atoms with Crippen molar-refractivity contribution >= 4 is 21.5 Å². The van der Waals surface area contributed by atoms with Crippen LogP contribution in [0.4, 0.5) is 8.78 Å². The number of amidine groups is 1. The summed E-state index contributed by atoms with van der Waals surface area (Å²) >= 11 is 0. The highest BCUT2D eigenvalue weighted by Crippen LogP contribution is 2.45. The van der Waals surface area contributed by atoms with E-state index in [1.807, 2.05) is 0 Å². The predicted octanol–water partition coefficient (Wildman–Crippen LogP) is 2.65. The maximum Gasteiger partial charge on any atom is 0.387 e. The van der Waals surface area contributed by atoms with Gasteiger partial charge in [0.25, 0.3) is 0 Å². The first kappa shape index (κ1) is 23.1. The summed E-state index contributed by atoms with van der Waals surface area (Å²) < 4.78 is 59.3. The molecule has 0 saturated heterocycles. The Balaban J connectivity index is 1.64. The van der Waals surface area contributed by atoms with E-state index in [0.717, 1.165) is 6.20 Å². The lowest BCUT2D eigenvalue weighted by atomic mass is 9.84. The first-order valence-electron chi connectivity index (χ1n) is 10.2. The van der Waals surface area contributed by atoms with Crippen molar-refractivity contribution in [2.75, 3.05) is 12.4 Å². The number of ketones is 1. The molecule has 2 aromatic rings. The van der Waals surface area contributed by atoms with E-state index in [2.05, 4.69) is 14.7 Å². The smallest absolute Gasteiger partial charge is 0.387 e. The molecule has 0 saturated carbocycles. The molecule has 1 spiro atoms. The van der Waals surface area contributed by atoms with Crippen LogP contribution in [-0.2, 0) is 21.8 Å². The largest absolute Gasteiger partial charge is 0.493 e. The topological polar surface area (TPSA) is 121 Å². The van der Waals surface area contributed by atoms with Gasteiger partial charge in [0, 0.05) is 18.4 Å². The van der Waals surface area contributed by atoms with Gasteiger partial charge in [0.05, 0.1) is 18.6 Å². The molecule has 0 amide bonds. The Morgan fingerprint density at radius 2 is 2.03 bits per heavy atom. The summed E-state index contributed by atoms with van der Waals surface area (Å²) in [5, 5.41) is 0. The summed E-state index contributed by atoms with van der Waals surface area (Å²) in [5.74, 6) is -0.167. The van der Waals surface area contributed by atoms with Crippen LogP contribution in [0.2, 0.25) is 0 Å². The van der Waals surface area contributed by atoms with Crippen molar-refractivity contribution in [3.8, 4) is 11.5 Å². The lowest BCUT2D eigenvalue weighted by Gasteiger charge is -2.42. The number of hydrogen-bond acceptors (Lipinski definition) is 8. The van der Waals surface area contributed by atoms with Crippen molar-refractivity contribution in [2.45, 2.75) is 43.6 Å². The molecule has 0 fully saturated rings. The fourth-order valence-corrected chi connectivity index (χ4v) is 5.67. The first-order chi connectivity index (χ1) is 15.4. The molecule has 0 unspecified atom stereocenters. The Morgan fingerprint density at radius 3 is 2.67 bits per heavy atom. The lowest BCUT2D eigenvalue weighted by molar-refractivity contribution is -0.0500. The number of Topliss-reactive ketones (excluding diaryl/α,β-unsaturated/α-hetero) is 1. The number of nitrogens with two attached hydrogens (primary N) is 1. The molecule has 2 N–H and O–H groups in total. The third-order valence-electron chi connectivity index (χ3n) is 6.09. The zero-order valence-corrected chi connectivity index (χ0v) is 18.9. The van der Waals surface area contributed by atoms with Crippen molar-refractivity contribution in [3.63, 3.8) is 0 Å². The van der Waals surface area contributed by atoms with E-state index >= 15 is 0 Å². The Labute approximate surface area is 189 Å². The standard InChI is InChI=1S/C22H23F2N3O5S/c1-21(2)19(25)27-22(12-33(21,29)30)7-8-31-18-6-3-13(9-15(18)22)10-17(28)16-5-4-14(11-26-16)32-20(23)24/h3-6,9,11,20H,7-8,10,12H2,1-2H3,(H2,25,27)/t22-/m0/s1. The summed E-state index contributed by atoms with van der Waals surface area (Å²) in [6.45, 7) is 0.376. The van der Waals surface area contributed by atoms with Crippen molar-refractivity contribution in [3.05, 3.63) is 53.3 Å². The molecule has 1 aromatic heterocycles. The number of hydrogen-bond donors (Lipinski definition) is 1. The molecule has 11 heteroatoms. The van der Waals surface area contributed by atoms with Crippen molar-refractivity contribution < 1.29 is 31.5 Å². The fourth-order valence-electron chi connectivity index (χ4n) is 3.95. The molecule has 0 radical (unpaired) electrons. The molecule has 2 aliphatic rings. The molecule has 0 aliphatic carbocycles. The number of sulfone groups is 1. The van der Waals surface area contributed by atoms with Crippen molar-refractivity contribution in [1.82, 2.24) is 4.98 Å². The molecule has 2 aliphatic heterocycles. The zero-order valence-electron chi connectivity index (χ0n) is 18.0. The van der Waals surface area contributed by atoms with Crippen LogP contribution in [0.25, 0.3) is 0 Å². The average molecular weight is 480 g/mol. The fraction of sp³-hybridized carbons (Fsp3) is 0.409. The second-order valence-electron chi connectivity index (χ2n) is 8.58. The van der Waals surface area contributed by atoms with Gasteiger partial charge >= 0.3 is 6.61 Å². The Morgan fingerprint density at radius 1 is 1.27 bits per heavy atom. The van der Waals surface area contributed by atoms with E-state index in [0.29, 0.717) is 23.3 Å². The summed E-state index contributed by atoms with van der Waals surface area (Å²) in [7, 11) is -3.61. The van der Waals surface area contributed by atoms with Gasteiger partial charge in [-0.05, 0) is 43.7 Å². The van der Waals surface area contributed by atoms with Gasteiger partial charge in [-0.25, -0.2) is 13.4 Å². The number of carbonyl (C=O) groups is 1. The van der Waals surface area contributed by atoms with E-state index in [4.69, 9.17) is 10.5 Å². The quantitative estimate of drug-likeness (QED) is 0.655. The number of ether oxygens (including phenoxy) is 2. The number of fused-ring (bicyclic) bond motifs is 2. The molecular weight excluding hydrogens is 456 g/mol. The van der Waals surface area contributed by atoms with Crippen LogP contribution in [0, 0.1) is 0 Å². The van der Waals surface area contributed by atoms with Gasteiger partial charge in [-0.2, -0.15) is 8.78 Å². The molecule has 1 aromatic carbocycles. The molecule has 4 rings (SSSR count). The maximum absolute atomic E-state index is 13.0. The van der Waals surface area contributed by atoms with Crippen LogP contribution >= 0.6 is 0 Å². The van der Waals surface area contributed by atoms with E-state index < -0.39 is 26.7 Å². The Bertz CT molecular complexity index is 1230. The number of benzene rings is 1. The number of rotatable bonds is 5. The Kier molecular flexibility index (Phi) is 5.63. The van der Waals surface area contributed by atoms with E-state index in [-0.39, 0.29) is 41.8 Å². The lowest BCUT2D eigenvalue weighted by Crippen LogP contribution is -2.56. The summed E-state index contributed by atoms with van der Waals surface area (Å²) in [6, 6.07) is 7.66. The van der Waals surface area contributed by atoms with E-state index in [1.165, 1.54) is 26.0 Å². The van der Waals surface area contributed by atoms with Crippen molar-refractivity contribution in [1.29, 1.82) is 0 Å². The second-order valence-corrected chi connectivity index (χ2v) is 11.1. The van der Waals surface area contributed by atoms with Crippen LogP contribution in [-0.4, -0.2) is 48.7 Å². The molecular formula is C22H23F2N3O5S. The minimum Gasteiger partial charge on any atom is -0.493 e. The van der Waals surface area contributed by atoms with Gasteiger partial charge in [0.15, 0.2) is 15.6 Å². The number of nitrogens with zero attached hydrogens (tertiary/aromatic N) is 2. The minimum atomic E-state index is -3.61. The van der Waals surface area contributed by atoms with Gasteiger partial charge in [0.2, 0.25) is 0 Å². The summed E-state index contributed by atoms with van der Waals surface area (Å²) in [6.07, 6.45) is 1.35. The number of halogens is 2. The van der Waals surface area contributed by atoms with Gasteiger partial charge in [0.1, 0.15) is 33.3 Å². The predicted molar refractivity (Wildman–Crippen MR) is 117 cm³/mol. The van der Waals surface area contributed by atoms with E-state index in [9.17, 15) is 22.0 Å². The number of aliphatic imine (C=N–C) groups is 1. The third-order valence-corrected chi connectivity index (χ3v) is 8.71. The molecule has 176 valence electrons. The molecule has 3 heterocycles. The minimum absolute atomic E-state index is 0.0388. The molecule has 8 nitrogen and oxygen atoms in total. The summed E-state index contributed by atoms with van der Waals surface area (Å²) in [5.41, 5.74) is 6.27. The highest BCUT2D eigenvalue weighted by Gasteiger charge is 2.52. The Hall–Kier alpha value is -3.08. The summed E-state index contributed by atoms with van der Waals surface area (Å²) in [4.78, 5) is 21.2. The average Bonchev–Trinajstić information content (AvgIpc) is 2.73. The maximum atomic E-state index is 13.0. The van der Waals surface area contributed by atoms with E-state index in [1.54, 1.807) is 18.2 Å². The number of aromatic nitrogens is 1. The van der Waals surface area contributed by atoms with Gasteiger partial charge in [-0.15, -0.1) is 0 Å². The monoisotopic (exact) mass is 479 g/mol. The van der Waals surface area contributed by atoms with Crippen molar-refractivity contribution in [2.24, 2.45) is 10.7 Å². The van der Waals surface area contributed by atoms with Gasteiger partial charge < -0.3 is 15.2 Å². The van der Waals surface area contributed by atoms with Crippen LogP contribution in [0.3, 0.4) is 0 Å². The van der Waals surface area contributed by atoms with Gasteiger partial charge in [-0.3, -0.25) is 9.79 Å². The third kappa shape index (κ3) is 4.17. The van der Waals surface area contributed by atoms with Gasteiger partial charge in [-0.1, -0.05) is 6.07 Å².